The van der Waals surface area contributed by atoms with Crippen molar-refractivity contribution in [2.24, 2.45) is 0 Å². The fourth-order valence-corrected chi connectivity index (χ4v) is 2.67. The summed E-state index contributed by atoms with van der Waals surface area (Å²) in [4.78, 5) is 23.6. The monoisotopic (exact) mass is 318 g/mol. The molecule has 2 aromatic heterocycles. The minimum atomic E-state index is -0.392. The van der Waals surface area contributed by atoms with E-state index in [9.17, 15) is 9.18 Å². The summed E-state index contributed by atoms with van der Waals surface area (Å²) in [5.74, 6) is -0.0346. The first-order chi connectivity index (χ1) is 11.1. The Hall–Kier alpha value is -2.35. The van der Waals surface area contributed by atoms with Gasteiger partial charge in [0.1, 0.15) is 6.33 Å². The van der Waals surface area contributed by atoms with Gasteiger partial charge in [0.15, 0.2) is 11.6 Å². The van der Waals surface area contributed by atoms with Gasteiger partial charge in [0.25, 0.3) is 5.56 Å². The van der Waals surface area contributed by atoms with Gasteiger partial charge in [-0.2, -0.15) is 5.10 Å². The molecule has 2 aromatic rings. The highest BCUT2D eigenvalue weighted by Crippen LogP contribution is 2.16. The van der Waals surface area contributed by atoms with Crippen molar-refractivity contribution >= 4 is 5.82 Å². The van der Waals surface area contributed by atoms with Crippen molar-refractivity contribution in [1.82, 2.24) is 24.6 Å². The lowest BCUT2D eigenvalue weighted by atomic mass is 10.3. The second-order valence-corrected chi connectivity index (χ2v) is 5.56. The van der Waals surface area contributed by atoms with E-state index in [1.54, 1.807) is 6.07 Å². The third kappa shape index (κ3) is 3.70. The Kier molecular flexibility index (Phi) is 4.61. The Morgan fingerprint density at radius 2 is 1.96 bits per heavy atom. The van der Waals surface area contributed by atoms with Crippen LogP contribution in [-0.4, -0.2) is 57.4 Å². The Bertz CT molecular complexity index is 726. The quantitative estimate of drug-likeness (QED) is 0.808. The molecule has 1 aliphatic heterocycles. The van der Waals surface area contributed by atoms with E-state index in [2.05, 4.69) is 20.0 Å². The third-order valence-corrected chi connectivity index (χ3v) is 3.95. The second kappa shape index (κ2) is 6.82. The summed E-state index contributed by atoms with van der Waals surface area (Å²) in [6.07, 6.45) is 2.55. The molecule has 1 fully saturated rings. The molecule has 0 aliphatic carbocycles. The molecule has 0 unspecified atom stereocenters. The molecular formula is C15H19FN6O. The van der Waals surface area contributed by atoms with E-state index < -0.39 is 5.82 Å². The van der Waals surface area contributed by atoms with Crippen LogP contribution in [0, 0.1) is 12.7 Å². The van der Waals surface area contributed by atoms with Crippen LogP contribution in [0.3, 0.4) is 0 Å². The van der Waals surface area contributed by atoms with Crippen molar-refractivity contribution in [3.63, 3.8) is 0 Å². The van der Waals surface area contributed by atoms with E-state index in [0.717, 1.165) is 25.3 Å². The van der Waals surface area contributed by atoms with Crippen LogP contribution in [0.15, 0.2) is 29.5 Å². The number of nitrogens with zero attached hydrogens (tertiary/aromatic N) is 6. The molecule has 0 radical (unpaired) electrons. The molecule has 8 heteroatoms. The molecule has 122 valence electrons. The van der Waals surface area contributed by atoms with E-state index in [1.807, 2.05) is 11.8 Å². The van der Waals surface area contributed by atoms with Crippen LogP contribution >= 0.6 is 0 Å². The highest BCUT2D eigenvalue weighted by Gasteiger charge is 2.20. The molecule has 0 saturated carbocycles. The highest BCUT2D eigenvalue weighted by atomic mass is 19.1. The minimum absolute atomic E-state index is 0.0858. The first-order valence-corrected chi connectivity index (χ1v) is 7.61. The Morgan fingerprint density at radius 1 is 1.17 bits per heavy atom. The zero-order valence-corrected chi connectivity index (χ0v) is 13.0. The number of aromatic nitrogens is 4. The van der Waals surface area contributed by atoms with Gasteiger partial charge in [-0.05, 0) is 13.0 Å². The summed E-state index contributed by atoms with van der Waals surface area (Å²) in [5, 5.41) is 4.23. The molecule has 0 amide bonds. The normalized spacial score (nSPS) is 15.8. The van der Waals surface area contributed by atoms with Crippen molar-refractivity contribution in [3.8, 4) is 0 Å². The summed E-state index contributed by atoms with van der Waals surface area (Å²) in [5.41, 5.74) is 0.742. The predicted octanol–water partition coefficient (Wildman–Crippen LogP) is 0.303. The van der Waals surface area contributed by atoms with E-state index in [4.69, 9.17) is 0 Å². The van der Waals surface area contributed by atoms with Crippen LogP contribution in [0.2, 0.25) is 0 Å². The van der Waals surface area contributed by atoms with Crippen LogP contribution in [0.25, 0.3) is 0 Å². The first kappa shape index (κ1) is 15.5. The van der Waals surface area contributed by atoms with Gasteiger partial charge in [-0.3, -0.25) is 9.69 Å². The number of piperazine rings is 1. The van der Waals surface area contributed by atoms with Gasteiger partial charge < -0.3 is 4.90 Å². The third-order valence-electron chi connectivity index (χ3n) is 3.95. The van der Waals surface area contributed by atoms with Crippen LogP contribution in [0.4, 0.5) is 10.2 Å². The largest absolute Gasteiger partial charge is 0.352 e. The number of halogens is 1. The van der Waals surface area contributed by atoms with Crippen molar-refractivity contribution in [2.45, 2.75) is 13.5 Å². The number of hydrogen-bond donors (Lipinski definition) is 0. The molecule has 3 rings (SSSR count). The lowest BCUT2D eigenvalue weighted by Gasteiger charge is -2.35. The molecular weight excluding hydrogens is 299 g/mol. The molecule has 1 aliphatic rings. The van der Waals surface area contributed by atoms with Crippen molar-refractivity contribution < 1.29 is 4.39 Å². The number of anilines is 1. The van der Waals surface area contributed by atoms with Gasteiger partial charge in [0.2, 0.25) is 0 Å². The fourth-order valence-electron chi connectivity index (χ4n) is 2.67. The number of aryl methyl sites for hydroxylation is 1. The lowest BCUT2D eigenvalue weighted by molar-refractivity contribution is 0.241. The summed E-state index contributed by atoms with van der Waals surface area (Å²) >= 11 is 0. The topological polar surface area (TPSA) is 67.2 Å². The van der Waals surface area contributed by atoms with Crippen LogP contribution in [0.5, 0.6) is 0 Å². The Balaban J connectivity index is 1.54. The maximum Gasteiger partial charge on any atom is 0.266 e. The molecule has 3 heterocycles. The molecule has 0 aromatic carbocycles. The van der Waals surface area contributed by atoms with Crippen LogP contribution in [0.1, 0.15) is 5.69 Å². The standard InChI is InChI=1S/C15H19FN6O/c1-12-2-3-14(23)22(19-12)9-6-20-4-7-21(8-5-20)15-13(16)10-17-11-18-15/h2-3,10-11H,4-9H2,1H3. The molecule has 0 bridgehead atoms. The lowest BCUT2D eigenvalue weighted by Crippen LogP contribution is -2.48. The van der Waals surface area contributed by atoms with Crippen molar-refractivity contribution in [2.75, 3.05) is 37.6 Å². The van der Waals surface area contributed by atoms with Crippen LogP contribution in [-0.2, 0) is 6.54 Å². The maximum atomic E-state index is 13.7. The Labute approximate surface area is 133 Å². The smallest absolute Gasteiger partial charge is 0.266 e. The predicted molar refractivity (Wildman–Crippen MR) is 83.9 cm³/mol. The highest BCUT2D eigenvalue weighted by molar-refractivity contribution is 5.38. The Morgan fingerprint density at radius 3 is 2.70 bits per heavy atom. The van der Waals surface area contributed by atoms with Gasteiger partial charge in [-0.25, -0.2) is 19.0 Å². The fraction of sp³-hybridized carbons (Fsp3) is 0.467. The SMILES string of the molecule is Cc1ccc(=O)n(CCN2CCN(c3ncncc3F)CC2)n1. The number of rotatable bonds is 4. The summed E-state index contributed by atoms with van der Waals surface area (Å²) in [6.45, 7) is 6.16. The van der Waals surface area contributed by atoms with E-state index in [1.165, 1.54) is 23.3 Å². The average Bonchev–Trinajstić information content (AvgIpc) is 2.57. The minimum Gasteiger partial charge on any atom is -0.352 e. The zero-order chi connectivity index (χ0) is 16.2. The average molecular weight is 318 g/mol. The van der Waals surface area contributed by atoms with Crippen molar-refractivity contribution in [3.05, 3.63) is 46.5 Å². The summed E-state index contributed by atoms with van der Waals surface area (Å²) in [6, 6.07) is 3.26. The second-order valence-electron chi connectivity index (χ2n) is 5.56. The molecule has 0 atom stereocenters. The summed E-state index contributed by atoms with van der Waals surface area (Å²) in [7, 11) is 0. The van der Waals surface area contributed by atoms with Gasteiger partial charge in [0.05, 0.1) is 18.4 Å². The molecule has 1 saturated heterocycles. The zero-order valence-electron chi connectivity index (χ0n) is 13.0. The van der Waals surface area contributed by atoms with Gasteiger partial charge in [-0.15, -0.1) is 0 Å². The molecule has 23 heavy (non-hydrogen) atoms. The van der Waals surface area contributed by atoms with E-state index in [-0.39, 0.29) is 5.56 Å². The van der Waals surface area contributed by atoms with E-state index >= 15 is 0 Å². The summed E-state index contributed by atoms with van der Waals surface area (Å²) < 4.78 is 15.2. The van der Waals surface area contributed by atoms with Gasteiger partial charge in [-0.1, -0.05) is 0 Å². The molecule has 0 N–H and O–H groups in total. The first-order valence-electron chi connectivity index (χ1n) is 7.61. The van der Waals surface area contributed by atoms with Gasteiger partial charge >= 0.3 is 0 Å². The van der Waals surface area contributed by atoms with E-state index in [0.29, 0.717) is 25.5 Å². The van der Waals surface area contributed by atoms with Gasteiger partial charge in [0, 0.05) is 38.8 Å². The number of hydrogen-bond acceptors (Lipinski definition) is 6. The molecule has 7 nitrogen and oxygen atoms in total. The maximum absolute atomic E-state index is 13.7. The van der Waals surface area contributed by atoms with Crippen LogP contribution < -0.4 is 10.5 Å². The molecule has 0 spiro atoms. The van der Waals surface area contributed by atoms with Crippen molar-refractivity contribution in [1.29, 1.82) is 0 Å².